The molecule has 0 bridgehead atoms. The number of benzene rings is 2. The van der Waals surface area contributed by atoms with Gasteiger partial charge in [0, 0.05) is 34.1 Å². The number of hydrogen-bond acceptors (Lipinski definition) is 3. The zero-order valence-corrected chi connectivity index (χ0v) is 20.7. The van der Waals surface area contributed by atoms with E-state index in [1.54, 1.807) is 6.20 Å². The molecule has 0 saturated heterocycles. The fourth-order valence-electron chi connectivity index (χ4n) is 4.67. The lowest BCUT2D eigenvalue weighted by atomic mass is 9.98. The van der Waals surface area contributed by atoms with Gasteiger partial charge in [0.25, 0.3) is 0 Å². The molecule has 0 unspecified atom stereocenters. The highest BCUT2D eigenvalue weighted by Crippen LogP contribution is 2.36. The van der Waals surface area contributed by atoms with Gasteiger partial charge in [-0.2, -0.15) is 0 Å². The van der Waals surface area contributed by atoms with Crippen LogP contribution in [-0.2, 0) is 17.8 Å². The summed E-state index contributed by atoms with van der Waals surface area (Å²) in [5.41, 5.74) is 8.25. The third kappa shape index (κ3) is 4.66. The van der Waals surface area contributed by atoms with E-state index in [1.165, 1.54) is 0 Å². The fourth-order valence-corrected chi connectivity index (χ4v) is 4.78. The molecule has 0 saturated carbocycles. The van der Waals surface area contributed by atoms with E-state index in [1.807, 2.05) is 62.7 Å². The van der Waals surface area contributed by atoms with Crippen LogP contribution in [0, 0.1) is 27.7 Å². The summed E-state index contributed by atoms with van der Waals surface area (Å²) in [6.07, 6.45) is 5.21. The number of ether oxygens (including phenoxy) is 1. The maximum Gasteiger partial charge on any atom is 0.323 e. The summed E-state index contributed by atoms with van der Waals surface area (Å²) in [4.78, 5) is 15.9. The lowest BCUT2D eigenvalue weighted by Crippen LogP contribution is -2.11. The minimum atomic E-state index is -0.857. The Balaban J connectivity index is 1.65. The largest absolute Gasteiger partial charge is 0.494 e. The molecule has 5 nitrogen and oxygen atoms in total. The summed E-state index contributed by atoms with van der Waals surface area (Å²) < 4.78 is 7.94. The van der Waals surface area contributed by atoms with E-state index in [9.17, 15) is 9.90 Å². The van der Waals surface area contributed by atoms with E-state index >= 15 is 0 Å². The number of carboxylic acids is 1. The highest BCUT2D eigenvalue weighted by Gasteiger charge is 2.19. The number of aliphatic carboxylic acids is 1. The van der Waals surface area contributed by atoms with Crippen molar-refractivity contribution in [1.82, 2.24) is 9.55 Å². The van der Waals surface area contributed by atoms with Gasteiger partial charge >= 0.3 is 5.97 Å². The van der Waals surface area contributed by atoms with Gasteiger partial charge in [0.15, 0.2) is 0 Å². The van der Waals surface area contributed by atoms with E-state index < -0.39 is 5.97 Å². The number of nitrogens with zero attached hydrogens (tertiary/aromatic N) is 2. The molecule has 2 heterocycles. The predicted molar refractivity (Wildman–Crippen MR) is 137 cm³/mol. The second-order valence-electron chi connectivity index (χ2n) is 8.76. The Morgan fingerprint density at radius 1 is 1.06 bits per heavy atom. The number of rotatable bonds is 8. The normalized spacial score (nSPS) is 11.2. The van der Waals surface area contributed by atoms with E-state index in [2.05, 4.69) is 17.1 Å². The molecule has 0 amide bonds. The number of hydrogen-bond donors (Lipinski definition) is 1. The summed E-state index contributed by atoms with van der Waals surface area (Å²) in [7, 11) is 0. The zero-order chi connectivity index (χ0) is 24.4. The number of fused-ring (bicyclic) bond motifs is 1. The Morgan fingerprint density at radius 3 is 2.47 bits per heavy atom. The molecule has 0 aliphatic carbocycles. The molecular formula is C28H29ClN2O3. The SMILES string of the molecule is Cc1cnccc1-c1cccc2c(CCCOc3cc(C)c(Cl)c(C)c3)c(C)n(CC(=O)O)c12. The first kappa shape index (κ1) is 23.8. The zero-order valence-electron chi connectivity index (χ0n) is 20.0. The fraction of sp³-hybridized carbons (Fsp3) is 0.286. The molecule has 0 spiro atoms. The van der Waals surface area contributed by atoms with E-state index in [-0.39, 0.29) is 6.54 Å². The number of aromatic nitrogens is 2. The van der Waals surface area contributed by atoms with Crippen LogP contribution < -0.4 is 4.74 Å². The Labute approximate surface area is 205 Å². The van der Waals surface area contributed by atoms with Crippen LogP contribution >= 0.6 is 11.6 Å². The van der Waals surface area contributed by atoms with Crippen LogP contribution in [0.25, 0.3) is 22.0 Å². The van der Waals surface area contributed by atoms with Crippen molar-refractivity contribution in [3.63, 3.8) is 0 Å². The van der Waals surface area contributed by atoms with Crippen LogP contribution in [0.2, 0.25) is 5.02 Å². The first-order valence-electron chi connectivity index (χ1n) is 11.4. The molecule has 34 heavy (non-hydrogen) atoms. The maximum atomic E-state index is 11.7. The van der Waals surface area contributed by atoms with Crippen molar-refractivity contribution in [2.45, 2.75) is 47.1 Å². The summed E-state index contributed by atoms with van der Waals surface area (Å²) in [5.74, 6) is -0.0375. The number of carboxylic acid groups (broad SMARTS) is 1. The van der Waals surface area contributed by atoms with Gasteiger partial charge in [-0.25, -0.2) is 0 Å². The molecule has 176 valence electrons. The van der Waals surface area contributed by atoms with Crippen molar-refractivity contribution in [2.24, 2.45) is 0 Å². The van der Waals surface area contributed by atoms with E-state index in [4.69, 9.17) is 16.3 Å². The molecule has 0 radical (unpaired) electrons. The maximum absolute atomic E-state index is 11.7. The molecule has 6 heteroatoms. The first-order chi connectivity index (χ1) is 16.3. The van der Waals surface area contributed by atoms with Crippen molar-refractivity contribution in [1.29, 1.82) is 0 Å². The summed E-state index contributed by atoms with van der Waals surface area (Å²) in [6, 6.07) is 12.1. The lowest BCUT2D eigenvalue weighted by Gasteiger charge is -2.11. The molecule has 0 fully saturated rings. The van der Waals surface area contributed by atoms with Gasteiger partial charge < -0.3 is 14.4 Å². The highest BCUT2D eigenvalue weighted by atomic mass is 35.5. The Hall–Kier alpha value is -3.31. The number of halogens is 1. The third-order valence-electron chi connectivity index (χ3n) is 6.33. The number of carbonyl (C=O) groups is 1. The van der Waals surface area contributed by atoms with Crippen molar-refractivity contribution in [3.05, 3.63) is 81.8 Å². The van der Waals surface area contributed by atoms with Crippen LogP contribution in [0.4, 0.5) is 0 Å². The topological polar surface area (TPSA) is 64.4 Å². The minimum absolute atomic E-state index is 0.0801. The molecule has 0 aliphatic heterocycles. The molecule has 4 rings (SSSR count). The van der Waals surface area contributed by atoms with E-state index in [0.29, 0.717) is 6.61 Å². The number of pyridine rings is 1. The molecule has 0 atom stereocenters. The van der Waals surface area contributed by atoms with Gasteiger partial charge in [-0.05, 0) is 86.6 Å². The standard InChI is InChI=1S/C28H29ClN2O3/c1-17-13-21(14-18(2)27(17)29)34-12-6-9-23-20(4)31(16-26(32)33)28-24(7-5-8-25(23)28)22-10-11-30-15-19(22)3/h5,7-8,10-11,13-15H,6,9,12,16H2,1-4H3,(H,32,33). The van der Waals surface area contributed by atoms with Gasteiger partial charge in [0.2, 0.25) is 0 Å². The van der Waals surface area contributed by atoms with Crippen LogP contribution in [0.15, 0.2) is 48.8 Å². The highest BCUT2D eigenvalue weighted by molar-refractivity contribution is 6.32. The Morgan fingerprint density at radius 2 is 1.79 bits per heavy atom. The summed E-state index contributed by atoms with van der Waals surface area (Å²) in [6.45, 7) is 8.47. The van der Waals surface area contributed by atoms with E-state index in [0.717, 1.165) is 73.6 Å². The summed E-state index contributed by atoms with van der Waals surface area (Å²) in [5, 5.41) is 11.5. The van der Waals surface area contributed by atoms with Crippen LogP contribution in [0.1, 0.15) is 34.4 Å². The third-order valence-corrected chi connectivity index (χ3v) is 6.92. The number of aryl methyl sites for hydroxylation is 4. The van der Waals surface area contributed by atoms with Crippen LogP contribution in [0.3, 0.4) is 0 Å². The Bertz CT molecular complexity index is 1350. The lowest BCUT2D eigenvalue weighted by molar-refractivity contribution is -0.137. The summed E-state index contributed by atoms with van der Waals surface area (Å²) >= 11 is 6.27. The molecule has 1 N–H and O–H groups in total. The number of para-hydroxylation sites is 1. The molecule has 2 aromatic carbocycles. The van der Waals surface area contributed by atoms with Crippen molar-refractivity contribution < 1.29 is 14.6 Å². The van der Waals surface area contributed by atoms with Crippen LogP contribution in [0.5, 0.6) is 5.75 Å². The van der Waals surface area contributed by atoms with Crippen molar-refractivity contribution in [2.75, 3.05) is 6.61 Å². The second kappa shape index (κ2) is 9.90. The van der Waals surface area contributed by atoms with Gasteiger partial charge in [-0.3, -0.25) is 9.78 Å². The average molecular weight is 477 g/mol. The van der Waals surface area contributed by atoms with Crippen LogP contribution in [-0.4, -0.2) is 27.2 Å². The quantitative estimate of drug-likeness (QED) is 0.288. The van der Waals surface area contributed by atoms with Gasteiger partial charge in [-0.1, -0.05) is 29.8 Å². The smallest absolute Gasteiger partial charge is 0.323 e. The van der Waals surface area contributed by atoms with Gasteiger partial charge in [-0.15, -0.1) is 0 Å². The minimum Gasteiger partial charge on any atom is -0.494 e. The Kier molecular flexibility index (Phi) is 6.94. The molecular weight excluding hydrogens is 448 g/mol. The molecule has 2 aromatic heterocycles. The monoisotopic (exact) mass is 476 g/mol. The first-order valence-corrected chi connectivity index (χ1v) is 11.8. The predicted octanol–water partition coefficient (Wildman–Crippen LogP) is 6.69. The van der Waals surface area contributed by atoms with Gasteiger partial charge in [0.05, 0.1) is 12.1 Å². The molecule has 4 aromatic rings. The average Bonchev–Trinajstić information content (AvgIpc) is 3.06. The van der Waals surface area contributed by atoms with Gasteiger partial charge in [0.1, 0.15) is 12.3 Å². The van der Waals surface area contributed by atoms with Crippen molar-refractivity contribution in [3.8, 4) is 16.9 Å². The van der Waals surface area contributed by atoms with Crippen molar-refractivity contribution >= 4 is 28.5 Å². The second-order valence-corrected chi connectivity index (χ2v) is 9.14. The molecule has 0 aliphatic rings.